The lowest BCUT2D eigenvalue weighted by Gasteiger charge is -2.35. The monoisotopic (exact) mass is 592 g/mol. The molecule has 4 rings (SSSR count). The van der Waals surface area contributed by atoms with Crippen LogP contribution in [0.2, 0.25) is 0 Å². The van der Waals surface area contributed by atoms with E-state index in [0.29, 0.717) is 19.3 Å². The Morgan fingerprint density at radius 1 is 0.833 bits per heavy atom. The van der Waals surface area contributed by atoms with Crippen molar-refractivity contribution in [2.45, 2.75) is 82.4 Å². The van der Waals surface area contributed by atoms with Crippen LogP contribution in [-0.4, -0.2) is 55.1 Å². The molecule has 3 aromatic carbocycles. The van der Waals surface area contributed by atoms with E-state index in [0.717, 1.165) is 50.5 Å². The van der Waals surface area contributed by atoms with Gasteiger partial charge in [0.25, 0.3) is 10.2 Å². The number of aliphatic hydroxyl groups excluding tert-OH is 1. The Balaban J connectivity index is 1.39. The van der Waals surface area contributed by atoms with Gasteiger partial charge in [0.15, 0.2) is 0 Å². The van der Waals surface area contributed by atoms with E-state index >= 15 is 0 Å². The Kier molecular flexibility index (Phi) is 12.6. The second-order valence-corrected chi connectivity index (χ2v) is 12.8. The van der Waals surface area contributed by atoms with E-state index in [1.807, 2.05) is 66.7 Å². The SMILES string of the molecule is O=C(OC(CCCc1ccccc1)CCCc1ccccc1)[C@@H]1CCCCN1S(=O)(=O)N[C@@H](CO)Cc1ccccc1. The predicted molar refractivity (Wildman–Crippen MR) is 166 cm³/mol. The number of carbonyl (C=O) groups is 1. The van der Waals surface area contributed by atoms with E-state index in [4.69, 9.17) is 4.74 Å². The van der Waals surface area contributed by atoms with Gasteiger partial charge in [-0.3, -0.25) is 4.79 Å². The van der Waals surface area contributed by atoms with Crippen molar-refractivity contribution in [3.63, 3.8) is 0 Å². The zero-order chi connectivity index (χ0) is 29.6. The van der Waals surface area contributed by atoms with Gasteiger partial charge in [-0.25, -0.2) is 0 Å². The fourth-order valence-corrected chi connectivity index (χ4v) is 7.22. The summed E-state index contributed by atoms with van der Waals surface area (Å²) in [5.41, 5.74) is 3.41. The number of benzene rings is 3. The van der Waals surface area contributed by atoms with E-state index < -0.39 is 28.3 Å². The summed E-state index contributed by atoms with van der Waals surface area (Å²) in [4.78, 5) is 13.6. The molecule has 226 valence electrons. The van der Waals surface area contributed by atoms with Gasteiger partial charge in [-0.05, 0) is 80.9 Å². The normalized spacial score (nSPS) is 16.8. The van der Waals surface area contributed by atoms with Crippen molar-refractivity contribution in [2.75, 3.05) is 13.2 Å². The second kappa shape index (κ2) is 16.6. The van der Waals surface area contributed by atoms with Crippen molar-refractivity contribution in [1.29, 1.82) is 0 Å². The van der Waals surface area contributed by atoms with Gasteiger partial charge < -0.3 is 9.84 Å². The maximum absolute atomic E-state index is 13.6. The van der Waals surface area contributed by atoms with Crippen molar-refractivity contribution in [1.82, 2.24) is 9.03 Å². The van der Waals surface area contributed by atoms with Crippen molar-refractivity contribution < 1.29 is 23.1 Å². The van der Waals surface area contributed by atoms with Crippen molar-refractivity contribution >= 4 is 16.2 Å². The van der Waals surface area contributed by atoms with Crippen LogP contribution in [0.5, 0.6) is 0 Å². The Morgan fingerprint density at radius 2 is 1.36 bits per heavy atom. The van der Waals surface area contributed by atoms with E-state index in [-0.39, 0.29) is 19.3 Å². The molecule has 0 aliphatic carbocycles. The molecule has 1 aliphatic heterocycles. The predicted octanol–water partition coefficient (Wildman–Crippen LogP) is 5.24. The summed E-state index contributed by atoms with van der Waals surface area (Å²) < 4.78 is 37.0. The molecular formula is C34H44N2O5S. The van der Waals surface area contributed by atoms with E-state index in [1.165, 1.54) is 15.4 Å². The van der Waals surface area contributed by atoms with Gasteiger partial charge in [0.2, 0.25) is 0 Å². The van der Waals surface area contributed by atoms with E-state index in [1.54, 1.807) is 0 Å². The van der Waals surface area contributed by atoms with Crippen LogP contribution in [-0.2, 0) is 39.0 Å². The Hall–Kier alpha value is -3.04. The number of rotatable bonds is 16. The highest BCUT2D eigenvalue weighted by molar-refractivity contribution is 7.87. The zero-order valence-corrected chi connectivity index (χ0v) is 25.1. The largest absolute Gasteiger partial charge is 0.461 e. The topological polar surface area (TPSA) is 95.9 Å². The first kappa shape index (κ1) is 31.9. The zero-order valence-electron chi connectivity index (χ0n) is 24.3. The standard InChI is InChI=1S/C34H44N2O5S/c37-27-31(26-30-18-8-3-9-19-30)35-42(39,40)36-25-11-10-24-33(36)34(38)41-32(22-12-20-28-14-4-1-5-15-28)23-13-21-29-16-6-2-7-17-29/h1-9,14-19,31-33,35,37H,10-13,20-27H2/t31-,33+/m1/s1. The molecule has 0 aromatic heterocycles. The summed E-state index contributed by atoms with van der Waals surface area (Å²) in [6.07, 6.45) is 6.89. The molecule has 42 heavy (non-hydrogen) atoms. The van der Waals surface area contributed by atoms with Gasteiger partial charge in [0, 0.05) is 6.54 Å². The summed E-state index contributed by atoms with van der Waals surface area (Å²) >= 11 is 0. The summed E-state index contributed by atoms with van der Waals surface area (Å²) in [6.45, 7) is -0.104. The van der Waals surface area contributed by atoms with Crippen molar-refractivity contribution in [3.05, 3.63) is 108 Å². The number of hydrogen-bond acceptors (Lipinski definition) is 5. The number of esters is 1. The lowest BCUT2D eigenvalue weighted by Crippen LogP contribution is -2.55. The van der Waals surface area contributed by atoms with Crippen molar-refractivity contribution in [3.8, 4) is 0 Å². The number of aryl methyl sites for hydroxylation is 2. The van der Waals surface area contributed by atoms with Crippen LogP contribution < -0.4 is 4.72 Å². The molecule has 2 atom stereocenters. The van der Waals surface area contributed by atoms with Gasteiger partial charge in [-0.15, -0.1) is 0 Å². The van der Waals surface area contributed by atoms with Crippen LogP contribution in [0.15, 0.2) is 91.0 Å². The van der Waals surface area contributed by atoms with Crippen LogP contribution in [0.25, 0.3) is 0 Å². The molecule has 1 fully saturated rings. The molecule has 1 heterocycles. The number of piperidine rings is 1. The van der Waals surface area contributed by atoms with E-state index in [9.17, 15) is 18.3 Å². The minimum absolute atomic E-state index is 0.241. The molecule has 8 heteroatoms. The lowest BCUT2D eigenvalue weighted by molar-refractivity contribution is -0.155. The molecular weight excluding hydrogens is 548 g/mol. The lowest BCUT2D eigenvalue weighted by atomic mass is 10.0. The second-order valence-electron chi connectivity index (χ2n) is 11.1. The van der Waals surface area contributed by atoms with Gasteiger partial charge in [0.1, 0.15) is 12.1 Å². The van der Waals surface area contributed by atoms with Crippen LogP contribution in [0.1, 0.15) is 61.6 Å². The third-order valence-corrected chi connectivity index (χ3v) is 9.53. The Labute approximate surface area is 251 Å². The average Bonchev–Trinajstić information content (AvgIpc) is 3.02. The highest BCUT2D eigenvalue weighted by Crippen LogP contribution is 2.24. The average molecular weight is 593 g/mol. The fraction of sp³-hybridized carbons (Fsp3) is 0.441. The maximum atomic E-state index is 13.6. The first-order valence-electron chi connectivity index (χ1n) is 15.2. The van der Waals surface area contributed by atoms with Crippen LogP contribution in [0, 0.1) is 0 Å². The van der Waals surface area contributed by atoms with Crippen LogP contribution in [0.4, 0.5) is 0 Å². The molecule has 7 nitrogen and oxygen atoms in total. The minimum Gasteiger partial charge on any atom is -0.461 e. The van der Waals surface area contributed by atoms with E-state index in [2.05, 4.69) is 29.0 Å². The highest BCUT2D eigenvalue weighted by atomic mass is 32.2. The van der Waals surface area contributed by atoms with Crippen molar-refractivity contribution in [2.24, 2.45) is 0 Å². The number of nitrogens with zero attached hydrogens (tertiary/aromatic N) is 1. The molecule has 0 spiro atoms. The summed E-state index contributed by atoms with van der Waals surface area (Å²) in [7, 11) is -4.03. The number of hydrogen-bond donors (Lipinski definition) is 2. The van der Waals surface area contributed by atoms with Crippen LogP contribution in [0.3, 0.4) is 0 Å². The maximum Gasteiger partial charge on any atom is 0.324 e. The molecule has 2 N–H and O–H groups in total. The number of nitrogens with one attached hydrogen (secondary N) is 1. The molecule has 0 saturated carbocycles. The molecule has 0 amide bonds. The highest BCUT2D eigenvalue weighted by Gasteiger charge is 2.39. The van der Waals surface area contributed by atoms with Gasteiger partial charge in [-0.2, -0.15) is 17.4 Å². The molecule has 1 saturated heterocycles. The molecule has 3 aromatic rings. The molecule has 0 radical (unpaired) electrons. The van der Waals surface area contributed by atoms with Crippen LogP contribution >= 0.6 is 0 Å². The first-order chi connectivity index (χ1) is 20.4. The van der Waals surface area contributed by atoms with Gasteiger partial charge >= 0.3 is 5.97 Å². The summed E-state index contributed by atoms with van der Waals surface area (Å²) in [5, 5.41) is 9.94. The summed E-state index contributed by atoms with van der Waals surface area (Å²) in [5.74, 6) is -0.479. The third-order valence-electron chi connectivity index (χ3n) is 7.85. The number of ether oxygens (including phenoxy) is 1. The molecule has 0 unspecified atom stereocenters. The third kappa shape index (κ3) is 10.1. The van der Waals surface area contributed by atoms with Gasteiger partial charge in [0.05, 0.1) is 12.6 Å². The molecule has 0 bridgehead atoms. The molecule has 1 aliphatic rings. The number of carbonyl (C=O) groups excluding carboxylic acids is 1. The minimum atomic E-state index is -4.03. The Bertz CT molecular complexity index is 1260. The van der Waals surface area contributed by atoms with Gasteiger partial charge in [-0.1, -0.05) is 91.0 Å². The number of aliphatic hydroxyl groups is 1. The Morgan fingerprint density at radius 3 is 1.88 bits per heavy atom. The fourth-order valence-electron chi connectivity index (χ4n) is 5.61. The first-order valence-corrected chi connectivity index (χ1v) is 16.6. The summed E-state index contributed by atoms with van der Waals surface area (Å²) in [6, 6.07) is 28.4. The smallest absolute Gasteiger partial charge is 0.324 e. The quantitative estimate of drug-likeness (QED) is 0.222.